The fourth-order valence-corrected chi connectivity index (χ4v) is 5.06. The third-order valence-electron chi connectivity index (χ3n) is 6.81. The number of piperidine rings is 1. The molecular weight excluding hydrogens is 390 g/mol. The lowest BCUT2D eigenvalue weighted by Crippen LogP contribution is -2.45. The Hall–Kier alpha value is -2.73. The van der Waals surface area contributed by atoms with Gasteiger partial charge in [-0.15, -0.1) is 0 Å². The van der Waals surface area contributed by atoms with Crippen LogP contribution in [-0.2, 0) is 0 Å². The molecule has 1 saturated heterocycles. The van der Waals surface area contributed by atoms with Crippen LogP contribution in [0.1, 0.15) is 41.1 Å². The summed E-state index contributed by atoms with van der Waals surface area (Å²) >= 11 is 0. The second kappa shape index (κ2) is 7.75. The Bertz CT molecular complexity index is 1180. The Morgan fingerprint density at radius 1 is 1.00 bits per heavy atom. The number of rotatable bonds is 3. The highest BCUT2D eigenvalue weighted by Gasteiger charge is 2.28. The number of hydrogen-bond acceptors (Lipinski definition) is 4. The summed E-state index contributed by atoms with van der Waals surface area (Å²) in [5.41, 5.74) is 6.71. The molecular formula is C25H31N3O3. The lowest BCUT2D eigenvalue weighted by atomic mass is 10.0. The molecule has 0 bridgehead atoms. The van der Waals surface area contributed by atoms with Crippen molar-refractivity contribution in [1.82, 2.24) is 14.5 Å². The number of fused-ring (bicyclic) bond motifs is 2. The van der Waals surface area contributed by atoms with Crippen molar-refractivity contribution in [3.63, 3.8) is 0 Å². The molecule has 1 fully saturated rings. The standard InChI is InChI=1S/C25H31N3O3/c1-15-9-18(4)24-23(10-15)31-20(14-30-24)13-27-7-5-19(6-8-27)28-22-12-17(3)16(2)11-21(22)26-25(28)29/h9-12,19-20H,5-8,13-14H2,1-4H3,(H,26,29). The summed E-state index contributed by atoms with van der Waals surface area (Å²) in [4.78, 5) is 18.2. The van der Waals surface area contributed by atoms with Gasteiger partial charge in [0.25, 0.3) is 0 Å². The zero-order valence-corrected chi connectivity index (χ0v) is 18.8. The van der Waals surface area contributed by atoms with Crippen LogP contribution in [0, 0.1) is 27.7 Å². The van der Waals surface area contributed by atoms with Gasteiger partial charge in [0.05, 0.1) is 11.0 Å². The topological polar surface area (TPSA) is 59.5 Å². The molecule has 0 spiro atoms. The number of aromatic amines is 1. The first kappa shape index (κ1) is 20.2. The molecule has 0 radical (unpaired) electrons. The van der Waals surface area contributed by atoms with E-state index in [-0.39, 0.29) is 17.8 Å². The lowest BCUT2D eigenvalue weighted by Gasteiger charge is -2.36. The molecule has 0 aliphatic carbocycles. The van der Waals surface area contributed by atoms with Crippen molar-refractivity contribution < 1.29 is 9.47 Å². The molecule has 164 valence electrons. The van der Waals surface area contributed by atoms with Gasteiger partial charge in [-0.05, 0) is 81.0 Å². The van der Waals surface area contributed by atoms with Crippen LogP contribution in [0.4, 0.5) is 0 Å². The largest absolute Gasteiger partial charge is 0.486 e. The Kier molecular flexibility index (Phi) is 5.05. The maximum Gasteiger partial charge on any atom is 0.326 e. The number of likely N-dealkylation sites (tertiary alicyclic amines) is 1. The third kappa shape index (κ3) is 3.74. The number of benzene rings is 2. The molecule has 2 aromatic carbocycles. The van der Waals surface area contributed by atoms with Crippen LogP contribution in [-0.4, -0.2) is 46.8 Å². The summed E-state index contributed by atoms with van der Waals surface area (Å²) in [5, 5.41) is 0. The summed E-state index contributed by atoms with van der Waals surface area (Å²) in [5.74, 6) is 1.74. The molecule has 1 aromatic heterocycles. The van der Waals surface area contributed by atoms with E-state index in [9.17, 15) is 4.79 Å². The van der Waals surface area contributed by atoms with Gasteiger partial charge in [-0.1, -0.05) is 6.07 Å². The second-order valence-electron chi connectivity index (χ2n) is 9.25. The molecule has 0 amide bonds. The van der Waals surface area contributed by atoms with Crippen molar-refractivity contribution in [1.29, 1.82) is 0 Å². The van der Waals surface area contributed by atoms with Crippen LogP contribution in [0.25, 0.3) is 11.0 Å². The molecule has 1 atom stereocenters. The molecule has 2 aliphatic rings. The molecule has 3 heterocycles. The highest BCUT2D eigenvalue weighted by Crippen LogP contribution is 2.36. The Morgan fingerprint density at radius 3 is 2.52 bits per heavy atom. The minimum Gasteiger partial charge on any atom is -0.486 e. The predicted molar refractivity (Wildman–Crippen MR) is 123 cm³/mol. The van der Waals surface area contributed by atoms with E-state index in [4.69, 9.17) is 9.47 Å². The number of H-pyrrole nitrogens is 1. The van der Waals surface area contributed by atoms with Crippen LogP contribution in [0.15, 0.2) is 29.1 Å². The molecule has 6 heteroatoms. The zero-order valence-electron chi connectivity index (χ0n) is 18.8. The van der Waals surface area contributed by atoms with Crippen LogP contribution >= 0.6 is 0 Å². The average molecular weight is 422 g/mol. The molecule has 2 aliphatic heterocycles. The first-order valence-corrected chi connectivity index (χ1v) is 11.2. The minimum absolute atomic E-state index is 0.00445. The van der Waals surface area contributed by atoms with Gasteiger partial charge in [0.2, 0.25) is 0 Å². The van der Waals surface area contributed by atoms with Crippen molar-refractivity contribution in [2.24, 2.45) is 0 Å². The summed E-state index contributed by atoms with van der Waals surface area (Å²) in [6, 6.07) is 8.65. The molecule has 6 nitrogen and oxygen atoms in total. The summed E-state index contributed by atoms with van der Waals surface area (Å²) in [7, 11) is 0. The van der Waals surface area contributed by atoms with Crippen molar-refractivity contribution in [2.75, 3.05) is 26.2 Å². The van der Waals surface area contributed by atoms with Gasteiger partial charge in [0, 0.05) is 25.7 Å². The van der Waals surface area contributed by atoms with E-state index in [0.29, 0.717) is 6.61 Å². The fraction of sp³-hybridized carbons (Fsp3) is 0.480. The van der Waals surface area contributed by atoms with Crippen LogP contribution in [0.2, 0.25) is 0 Å². The fourth-order valence-electron chi connectivity index (χ4n) is 5.06. The van der Waals surface area contributed by atoms with E-state index in [2.05, 4.69) is 61.8 Å². The van der Waals surface area contributed by atoms with Crippen molar-refractivity contribution >= 4 is 11.0 Å². The van der Waals surface area contributed by atoms with E-state index in [1.54, 1.807) is 0 Å². The number of aryl methyl sites for hydroxylation is 4. The zero-order chi connectivity index (χ0) is 21.7. The third-order valence-corrected chi connectivity index (χ3v) is 6.81. The van der Waals surface area contributed by atoms with E-state index in [1.807, 2.05) is 4.57 Å². The number of imidazole rings is 1. The SMILES string of the molecule is Cc1cc(C)c2c(c1)OC(CN1CCC(n3c(=O)[nH]c4cc(C)c(C)cc43)CC1)CO2. The van der Waals surface area contributed by atoms with Gasteiger partial charge in [0.1, 0.15) is 12.7 Å². The summed E-state index contributed by atoms with van der Waals surface area (Å²) < 4.78 is 14.3. The van der Waals surface area contributed by atoms with Gasteiger partial charge in [0.15, 0.2) is 11.5 Å². The molecule has 1 unspecified atom stereocenters. The molecule has 3 aromatic rings. The molecule has 0 saturated carbocycles. The van der Waals surface area contributed by atoms with E-state index in [0.717, 1.165) is 60.6 Å². The van der Waals surface area contributed by atoms with E-state index >= 15 is 0 Å². The molecule has 31 heavy (non-hydrogen) atoms. The smallest absolute Gasteiger partial charge is 0.326 e. The van der Waals surface area contributed by atoms with E-state index in [1.165, 1.54) is 16.7 Å². The van der Waals surface area contributed by atoms with Crippen LogP contribution in [0.5, 0.6) is 11.5 Å². The Balaban J connectivity index is 1.25. The van der Waals surface area contributed by atoms with Crippen molar-refractivity contribution in [2.45, 2.75) is 52.7 Å². The lowest BCUT2D eigenvalue weighted by molar-refractivity contribution is 0.0480. The number of hydrogen-bond donors (Lipinski definition) is 1. The maximum absolute atomic E-state index is 12.7. The monoisotopic (exact) mass is 421 g/mol. The van der Waals surface area contributed by atoms with Gasteiger partial charge in [-0.2, -0.15) is 0 Å². The maximum atomic E-state index is 12.7. The quantitative estimate of drug-likeness (QED) is 0.693. The van der Waals surface area contributed by atoms with Gasteiger partial charge in [-0.3, -0.25) is 9.47 Å². The van der Waals surface area contributed by atoms with Crippen LogP contribution in [0.3, 0.4) is 0 Å². The minimum atomic E-state index is 0.00445. The van der Waals surface area contributed by atoms with Crippen molar-refractivity contribution in [3.8, 4) is 11.5 Å². The summed E-state index contributed by atoms with van der Waals surface area (Å²) in [6.45, 7) is 11.7. The van der Waals surface area contributed by atoms with Gasteiger partial charge >= 0.3 is 5.69 Å². The van der Waals surface area contributed by atoms with Crippen LogP contribution < -0.4 is 15.2 Å². The van der Waals surface area contributed by atoms with Gasteiger partial charge < -0.3 is 14.5 Å². The number of ether oxygens (including phenoxy) is 2. The number of nitrogens with one attached hydrogen (secondary N) is 1. The average Bonchev–Trinajstić information content (AvgIpc) is 3.03. The summed E-state index contributed by atoms with van der Waals surface area (Å²) in [6.07, 6.45) is 1.95. The highest BCUT2D eigenvalue weighted by molar-refractivity contribution is 5.77. The number of nitrogens with zero attached hydrogens (tertiary/aromatic N) is 2. The highest BCUT2D eigenvalue weighted by atomic mass is 16.6. The second-order valence-corrected chi connectivity index (χ2v) is 9.25. The van der Waals surface area contributed by atoms with Crippen molar-refractivity contribution in [3.05, 3.63) is 57.0 Å². The normalized spacial score (nSPS) is 19.8. The first-order chi connectivity index (χ1) is 14.9. The Labute approximate surface area is 182 Å². The Morgan fingerprint density at radius 2 is 1.74 bits per heavy atom. The van der Waals surface area contributed by atoms with E-state index < -0.39 is 0 Å². The van der Waals surface area contributed by atoms with Gasteiger partial charge in [-0.25, -0.2) is 4.79 Å². The number of aromatic nitrogens is 2. The first-order valence-electron chi connectivity index (χ1n) is 11.2. The molecule has 5 rings (SSSR count). The molecule has 1 N–H and O–H groups in total. The predicted octanol–water partition coefficient (Wildman–Crippen LogP) is 4.04.